The Labute approximate surface area is 145 Å². The second-order valence-electron chi connectivity index (χ2n) is 5.64. The van der Waals surface area contributed by atoms with Crippen LogP contribution in [0.2, 0.25) is 0 Å². The van der Waals surface area contributed by atoms with Gasteiger partial charge in [-0.2, -0.15) is 0 Å². The summed E-state index contributed by atoms with van der Waals surface area (Å²) < 4.78 is 0. The molecule has 128 valence electrons. The van der Waals surface area contributed by atoms with Crippen molar-refractivity contribution >= 4 is 23.0 Å². The van der Waals surface area contributed by atoms with Crippen molar-refractivity contribution in [2.45, 2.75) is 32.9 Å². The maximum absolute atomic E-state index is 10.7. The Hall–Kier alpha value is -2.41. The predicted octanol–water partition coefficient (Wildman–Crippen LogP) is 3.34. The first-order valence-corrected chi connectivity index (χ1v) is 8.73. The number of nitro benzene ring substituents is 1. The molecule has 0 radical (unpaired) electrons. The van der Waals surface area contributed by atoms with Crippen LogP contribution in [0.3, 0.4) is 0 Å². The quantitative estimate of drug-likeness (QED) is 0.349. The van der Waals surface area contributed by atoms with Crippen LogP contribution >= 0.6 is 11.3 Å². The number of nitrogens with one attached hydrogen (secondary N) is 2. The molecule has 7 heteroatoms. The van der Waals surface area contributed by atoms with Gasteiger partial charge in [-0.1, -0.05) is 18.2 Å². The van der Waals surface area contributed by atoms with Crippen molar-refractivity contribution in [1.29, 1.82) is 0 Å². The third kappa shape index (κ3) is 6.00. The van der Waals surface area contributed by atoms with Gasteiger partial charge in [0.1, 0.15) is 0 Å². The van der Waals surface area contributed by atoms with Gasteiger partial charge < -0.3 is 10.6 Å². The lowest BCUT2D eigenvalue weighted by Gasteiger charge is -2.15. The van der Waals surface area contributed by atoms with Crippen LogP contribution in [0.15, 0.2) is 46.8 Å². The number of hydrogen-bond acceptors (Lipinski definition) is 4. The van der Waals surface area contributed by atoms with Crippen molar-refractivity contribution in [2.75, 3.05) is 6.54 Å². The molecule has 6 nitrogen and oxygen atoms in total. The molecule has 0 aliphatic rings. The molecule has 0 spiro atoms. The van der Waals surface area contributed by atoms with Crippen LogP contribution in [0.4, 0.5) is 5.69 Å². The van der Waals surface area contributed by atoms with Crippen molar-refractivity contribution in [3.8, 4) is 0 Å². The zero-order valence-electron chi connectivity index (χ0n) is 13.9. The minimum atomic E-state index is -0.398. The molecule has 0 aliphatic heterocycles. The molecule has 0 aliphatic carbocycles. The summed E-state index contributed by atoms with van der Waals surface area (Å²) in [4.78, 5) is 16.2. The van der Waals surface area contributed by atoms with Crippen LogP contribution < -0.4 is 10.6 Å². The summed E-state index contributed by atoms with van der Waals surface area (Å²) in [5, 5.41) is 19.4. The van der Waals surface area contributed by atoms with E-state index in [1.54, 1.807) is 23.5 Å². The van der Waals surface area contributed by atoms with Gasteiger partial charge in [-0.3, -0.25) is 10.1 Å². The van der Waals surface area contributed by atoms with Crippen molar-refractivity contribution < 1.29 is 4.92 Å². The van der Waals surface area contributed by atoms with E-state index in [0.29, 0.717) is 6.54 Å². The van der Waals surface area contributed by atoms with E-state index in [1.165, 1.54) is 17.0 Å². The van der Waals surface area contributed by atoms with Gasteiger partial charge in [0.2, 0.25) is 0 Å². The molecule has 1 aromatic heterocycles. The average molecular weight is 346 g/mol. The summed E-state index contributed by atoms with van der Waals surface area (Å²) in [6, 6.07) is 10.9. The topological polar surface area (TPSA) is 79.6 Å². The summed E-state index contributed by atoms with van der Waals surface area (Å²) in [5.74, 6) is 0.750. The Morgan fingerprint density at radius 1 is 1.29 bits per heavy atom. The molecule has 1 aromatic carbocycles. The highest BCUT2D eigenvalue weighted by molar-refractivity contribution is 7.09. The summed E-state index contributed by atoms with van der Waals surface area (Å²) in [6.07, 6.45) is 0.952. The summed E-state index contributed by atoms with van der Waals surface area (Å²) in [6.45, 7) is 5.39. The smallest absolute Gasteiger partial charge is 0.269 e. The molecule has 0 bridgehead atoms. The minimum absolute atomic E-state index is 0.0948. The molecule has 0 unspecified atom stereocenters. The maximum Gasteiger partial charge on any atom is 0.269 e. The van der Waals surface area contributed by atoms with Crippen LogP contribution in [0.5, 0.6) is 0 Å². The average Bonchev–Trinajstić information content (AvgIpc) is 3.05. The van der Waals surface area contributed by atoms with E-state index >= 15 is 0 Å². The molecular weight excluding hydrogens is 324 g/mol. The van der Waals surface area contributed by atoms with Crippen LogP contribution in [0.25, 0.3) is 0 Å². The molecule has 0 fully saturated rings. The number of rotatable bonds is 7. The van der Waals surface area contributed by atoms with E-state index in [9.17, 15) is 10.1 Å². The van der Waals surface area contributed by atoms with Gasteiger partial charge in [-0.15, -0.1) is 11.3 Å². The van der Waals surface area contributed by atoms with Gasteiger partial charge in [0.05, 0.1) is 11.5 Å². The van der Waals surface area contributed by atoms with Crippen LogP contribution in [0.1, 0.15) is 24.3 Å². The first-order valence-electron chi connectivity index (χ1n) is 7.85. The predicted molar refractivity (Wildman–Crippen MR) is 98.5 cm³/mol. The molecular formula is C17H22N4O2S. The van der Waals surface area contributed by atoms with Crippen molar-refractivity contribution in [1.82, 2.24) is 10.6 Å². The molecule has 0 atom stereocenters. The second-order valence-corrected chi connectivity index (χ2v) is 6.68. The van der Waals surface area contributed by atoms with Gasteiger partial charge >= 0.3 is 0 Å². The summed E-state index contributed by atoms with van der Waals surface area (Å²) in [7, 11) is 0. The number of non-ortho nitro benzene ring substituents is 1. The highest BCUT2D eigenvalue weighted by Gasteiger charge is 2.05. The Balaban J connectivity index is 1.92. The largest absolute Gasteiger partial charge is 0.356 e. The molecule has 24 heavy (non-hydrogen) atoms. The third-order valence-corrected chi connectivity index (χ3v) is 4.17. The van der Waals surface area contributed by atoms with Crippen LogP contribution in [-0.2, 0) is 13.0 Å². The number of hydrogen-bond donors (Lipinski definition) is 2. The summed E-state index contributed by atoms with van der Waals surface area (Å²) in [5.41, 5.74) is 1.03. The third-order valence-electron chi connectivity index (χ3n) is 3.24. The Morgan fingerprint density at radius 3 is 2.62 bits per heavy atom. The van der Waals surface area contributed by atoms with Gasteiger partial charge in [0.15, 0.2) is 5.96 Å². The summed E-state index contributed by atoms with van der Waals surface area (Å²) >= 11 is 1.75. The molecule has 1 heterocycles. The lowest BCUT2D eigenvalue weighted by atomic mass is 10.2. The van der Waals surface area contributed by atoms with Crippen LogP contribution in [-0.4, -0.2) is 23.5 Å². The maximum atomic E-state index is 10.7. The Kier molecular flexibility index (Phi) is 6.74. The first kappa shape index (κ1) is 17.9. The van der Waals surface area contributed by atoms with Crippen molar-refractivity contribution in [3.05, 3.63) is 62.3 Å². The number of nitrogens with zero attached hydrogens (tertiary/aromatic N) is 2. The molecule has 2 rings (SSSR count). The SMILES string of the molecule is CC(C)NC(=NCc1ccc([N+](=O)[O-])cc1)NCCc1cccs1. The van der Waals surface area contributed by atoms with E-state index in [-0.39, 0.29) is 11.7 Å². The standard InChI is InChI=1S/C17H22N4O2S/c1-13(2)20-17(18-10-9-16-4-3-11-24-16)19-12-14-5-7-15(8-6-14)21(22)23/h3-8,11,13H,9-10,12H2,1-2H3,(H2,18,19,20). The monoisotopic (exact) mass is 346 g/mol. The molecule has 0 saturated carbocycles. The van der Waals surface area contributed by atoms with Crippen molar-refractivity contribution in [2.24, 2.45) is 4.99 Å². The molecule has 0 amide bonds. The highest BCUT2D eigenvalue weighted by Crippen LogP contribution is 2.12. The zero-order valence-corrected chi connectivity index (χ0v) is 14.7. The first-order chi connectivity index (χ1) is 11.5. The molecule has 2 N–H and O–H groups in total. The number of benzene rings is 1. The number of thiophene rings is 1. The van der Waals surface area contributed by atoms with Gasteiger partial charge in [0, 0.05) is 29.6 Å². The number of guanidine groups is 1. The number of aliphatic imine (C=N–C) groups is 1. The molecule has 0 saturated heterocycles. The van der Waals surface area contributed by atoms with E-state index in [0.717, 1.165) is 24.5 Å². The fourth-order valence-electron chi connectivity index (χ4n) is 2.08. The fraction of sp³-hybridized carbons (Fsp3) is 0.353. The normalized spacial score (nSPS) is 11.5. The molecule has 2 aromatic rings. The zero-order chi connectivity index (χ0) is 17.4. The van der Waals surface area contributed by atoms with Crippen LogP contribution in [0, 0.1) is 10.1 Å². The van der Waals surface area contributed by atoms with E-state index in [2.05, 4.69) is 47.0 Å². The fourth-order valence-corrected chi connectivity index (χ4v) is 2.79. The Bertz CT molecular complexity index is 666. The Morgan fingerprint density at radius 2 is 2.04 bits per heavy atom. The number of nitro groups is 1. The van der Waals surface area contributed by atoms with E-state index in [1.807, 2.05) is 0 Å². The lowest BCUT2D eigenvalue weighted by molar-refractivity contribution is -0.384. The van der Waals surface area contributed by atoms with Crippen molar-refractivity contribution in [3.63, 3.8) is 0 Å². The highest BCUT2D eigenvalue weighted by atomic mass is 32.1. The lowest BCUT2D eigenvalue weighted by Crippen LogP contribution is -2.41. The van der Waals surface area contributed by atoms with Gasteiger partial charge in [0.25, 0.3) is 5.69 Å². The van der Waals surface area contributed by atoms with E-state index in [4.69, 9.17) is 0 Å². The van der Waals surface area contributed by atoms with E-state index < -0.39 is 4.92 Å². The van der Waals surface area contributed by atoms with Gasteiger partial charge in [-0.25, -0.2) is 4.99 Å². The second kappa shape index (κ2) is 9.02. The minimum Gasteiger partial charge on any atom is -0.356 e. The van der Waals surface area contributed by atoms with Gasteiger partial charge in [-0.05, 0) is 37.3 Å².